The van der Waals surface area contributed by atoms with Crippen molar-refractivity contribution in [1.29, 1.82) is 0 Å². The van der Waals surface area contributed by atoms with Crippen molar-refractivity contribution in [2.75, 3.05) is 5.32 Å². The van der Waals surface area contributed by atoms with Gasteiger partial charge in [-0.1, -0.05) is 30.0 Å². The Kier molecular flexibility index (Phi) is 3.97. The molecule has 3 aromatic rings. The minimum absolute atomic E-state index is 0.119. The summed E-state index contributed by atoms with van der Waals surface area (Å²) in [5, 5.41) is 10.2. The summed E-state index contributed by atoms with van der Waals surface area (Å²) in [4.78, 5) is 17.1. The molecule has 21 heavy (non-hydrogen) atoms. The number of aromatic nitrogens is 3. The lowest BCUT2D eigenvalue weighted by Gasteiger charge is -2.06. The summed E-state index contributed by atoms with van der Waals surface area (Å²) in [5.41, 5.74) is 1.39. The predicted molar refractivity (Wildman–Crippen MR) is 81.3 cm³/mol. The monoisotopic (exact) mass is 296 g/mol. The Morgan fingerprint density at radius 3 is 2.48 bits per heavy atom. The summed E-state index contributed by atoms with van der Waals surface area (Å²) in [6.45, 7) is 0. The molecule has 0 fully saturated rings. The molecule has 0 saturated heterocycles. The first-order chi connectivity index (χ1) is 10.3. The number of hydrogen-bond acceptors (Lipinski definition) is 4. The average Bonchev–Trinajstić information content (AvgIpc) is 3.03. The van der Waals surface area contributed by atoms with Crippen LogP contribution >= 0.6 is 11.8 Å². The summed E-state index contributed by atoms with van der Waals surface area (Å²) in [6.07, 6.45) is 1.47. The first kappa shape index (κ1) is 13.4. The van der Waals surface area contributed by atoms with Crippen LogP contribution in [0, 0.1) is 0 Å². The molecule has 0 atom stereocenters. The van der Waals surface area contributed by atoms with Gasteiger partial charge in [-0.3, -0.25) is 9.89 Å². The molecule has 104 valence electrons. The van der Waals surface area contributed by atoms with Gasteiger partial charge in [0.2, 0.25) is 0 Å². The summed E-state index contributed by atoms with van der Waals surface area (Å²) in [6, 6.07) is 16.7. The second-order valence-electron chi connectivity index (χ2n) is 4.24. The maximum atomic E-state index is 12.0. The van der Waals surface area contributed by atoms with Gasteiger partial charge in [0, 0.05) is 16.1 Å². The smallest absolute Gasteiger partial charge is 0.255 e. The molecule has 2 aromatic carbocycles. The van der Waals surface area contributed by atoms with E-state index in [2.05, 4.69) is 20.5 Å². The normalized spacial score (nSPS) is 10.3. The average molecular weight is 296 g/mol. The zero-order chi connectivity index (χ0) is 14.5. The Labute approximate surface area is 125 Å². The fourth-order valence-electron chi connectivity index (χ4n) is 1.75. The molecule has 0 saturated carbocycles. The molecule has 0 bridgehead atoms. The lowest BCUT2D eigenvalue weighted by Crippen LogP contribution is -2.11. The van der Waals surface area contributed by atoms with E-state index < -0.39 is 0 Å². The number of nitrogens with one attached hydrogen (secondary N) is 2. The van der Waals surface area contributed by atoms with Crippen LogP contribution in [0.5, 0.6) is 0 Å². The highest BCUT2D eigenvalue weighted by molar-refractivity contribution is 7.99. The molecule has 1 amide bonds. The topological polar surface area (TPSA) is 70.7 Å². The minimum Gasteiger partial charge on any atom is -0.322 e. The molecule has 0 aliphatic heterocycles. The second-order valence-corrected chi connectivity index (χ2v) is 5.30. The Morgan fingerprint density at radius 1 is 1.05 bits per heavy atom. The first-order valence-corrected chi connectivity index (χ1v) is 7.12. The van der Waals surface area contributed by atoms with E-state index in [-0.39, 0.29) is 5.91 Å². The maximum absolute atomic E-state index is 12.0. The van der Waals surface area contributed by atoms with Gasteiger partial charge in [0.05, 0.1) is 0 Å². The Balaban J connectivity index is 1.66. The molecule has 0 aliphatic carbocycles. The highest BCUT2D eigenvalue weighted by Gasteiger charge is 2.05. The van der Waals surface area contributed by atoms with Gasteiger partial charge in [-0.2, -0.15) is 5.10 Å². The Bertz CT molecular complexity index is 711. The number of hydrogen-bond donors (Lipinski definition) is 2. The van der Waals surface area contributed by atoms with Crippen molar-refractivity contribution in [2.24, 2.45) is 0 Å². The molecular formula is C15H12N4OS. The molecule has 1 aromatic heterocycles. The summed E-state index contributed by atoms with van der Waals surface area (Å²) in [7, 11) is 0. The fourth-order valence-corrected chi connectivity index (χ4v) is 2.45. The van der Waals surface area contributed by atoms with E-state index in [1.54, 1.807) is 12.1 Å². The lowest BCUT2D eigenvalue weighted by atomic mass is 10.2. The first-order valence-electron chi connectivity index (χ1n) is 6.31. The van der Waals surface area contributed by atoms with Gasteiger partial charge in [0.1, 0.15) is 6.33 Å². The van der Waals surface area contributed by atoms with Crippen molar-refractivity contribution in [1.82, 2.24) is 15.2 Å². The predicted octanol–water partition coefficient (Wildman–Crippen LogP) is 3.21. The highest BCUT2D eigenvalue weighted by Crippen LogP contribution is 2.25. The van der Waals surface area contributed by atoms with Gasteiger partial charge in [0.25, 0.3) is 5.91 Å². The van der Waals surface area contributed by atoms with Crippen LogP contribution in [0.25, 0.3) is 0 Å². The molecule has 5 nitrogen and oxygen atoms in total. The van der Waals surface area contributed by atoms with Crippen molar-refractivity contribution < 1.29 is 4.79 Å². The van der Waals surface area contributed by atoms with Gasteiger partial charge >= 0.3 is 0 Å². The SMILES string of the molecule is O=C(Nc1ccc(Sc2ncn[nH]2)cc1)c1ccccc1. The van der Waals surface area contributed by atoms with E-state index in [9.17, 15) is 4.79 Å². The van der Waals surface area contributed by atoms with Gasteiger partial charge in [-0.05, 0) is 36.4 Å². The number of aromatic amines is 1. The molecule has 0 spiro atoms. The zero-order valence-corrected chi connectivity index (χ0v) is 11.8. The van der Waals surface area contributed by atoms with Crippen LogP contribution in [0.2, 0.25) is 0 Å². The van der Waals surface area contributed by atoms with Crippen molar-refractivity contribution in [3.05, 3.63) is 66.5 Å². The van der Waals surface area contributed by atoms with E-state index in [0.717, 1.165) is 15.7 Å². The van der Waals surface area contributed by atoms with Gasteiger partial charge < -0.3 is 5.32 Å². The van der Waals surface area contributed by atoms with Crippen molar-refractivity contribution in [3.8, 4) is 0 Å². The number of H-pyrrole nitrogens is 1. The fraction of sp³-hybridized carbons (Fsp3) is 0. The van der Waals surface area contributed by atoms with E-state index >= 15 is 0 Å². The Hall–Kier alpha value is -2.60. The third kappa shape index (κ3) is 3.49. The summed E-state index contributed by atoms with van der Waals surface area (Å²) < 4.78 is 0. The largest absolute Gasteiger partial charge is 0.322 e. The number of carbonyl (C=O) groups is 1. The van der Waals surface area contributed by atoms with Crippen LogP contribution in [0.4, 0.5) is 5.69 Å². The number of anilines is 1. The number of carbonyl (C=O) groups excluding carboxylic acids is 1. The van der Waals surface area contributed by atoms with Crippen LogP contribution in [-0.4, -0.2) is 21.1 Å². The maximum Gasteiger partial charge on any atom is 0.255 e. The van der Waals surface area contributed by atoms with Crippen molar-refractivity contribution in [2.45, 2.75) is 10.1 Å². The highest BCUT2D eigenvalue weighted by atomic mass is 32.2. The van der Waals surface area contributed by atoms with Crippen LogP contribution in [-0.2, 0) is 0 Å². The lowest BCUT2D eigenvalue weighted by molar-refractivity contribution is 0.102. The number of benzene rings is 2. The molecule has 0 aliphatic rings. The molecular weight excluding hydrogens is 284 g/mol. The van der Waals surface area contributed by atoms with Crippen molar-refractivity contribution in [3.63, 3.8) is 0 Å². The summed E-state index contributed by atoms with van der Waals surface area (Å²) >= 11 is 1.48. The van der Waals surface area contributed by atoms with E-state index in [4.69, 9.17) is 0 Å². The number of nitrogens with zero attached hydrogens (tertiary/aromatic N) is 2. The van der Waals surface area contributed by atoms with Gasteiger partial charge in [-0.25, -0.2) is 4.98 Å². The van der Waals surface area contributed by atoms with Crippen LogP contribution in [0.3, 0.4) is 0 Å². The zero-order valence-electron chi connectivity index (χ0n) is 11.0. The number of amides is 1. The standard InChI is InChI=1S/C15H12N4OS/c20-14(11-4-2-1-3-5-11)18-12-6-8-13(9-7-12)21-15-16-10-17-19-15/h1-10H,(H,18,20)(H,16,17,19). The van der Waals surface area contributed by atoms with Crippen molar-refractivity contribution >= 4 is 23.4 Å². The molecule has 6 heteroatoms. The molecule has 0 unspecified atom stereocenters. The van der Waals surface area contributed by atoms with Gasteiger partial charge in [0.15, 0.2) is 5.16 Å². The third-order valence-electron chi connectivity index (χ3n) is 2.76. The van der Waals surface area contributed by atoms with Crippen LogP contribution in [0.15, 0.2) is 71.0 Å². The van der Waals surface area contributed by atoms with Crippen LogP contribution in [0.1, 0.15) is 10.4 Å². The molecule has 1 heterocycles. The molecule has 2 N–H and O–H groups in total. The minimum atomic E-state index is -0.119. The second kappa shape index (κ2) is 6.23. The van der Waals surface area contributed by atoms with Crippen LogP contribution < -0.4 is 5.32 Å². The number of rotatable bonds is 4. The molecule has 3 rings (SSSR count). The molecule has 0 radical (unpaired) electrons. The van der Waals surface area contributed by atoms with E-state index in [1.165, 1.54) is 18.1 Å². The Morgan fingerprint density at radius 2 is 1.81 bits per heavy atom. The third-order valence-corrected chi connectivity index (χ3v) is 3.65. The van der Waals surface area contributed by atoms with E-state index in [1.807, 2.05) is 42.5 Å². The van der Waals surface area contributed by atoms with Gasteiger partial charge in [-0.15, -0.1) is 0 Å². The summed E-state index contributed by atoms with van der Waals surface area (Å²) in [5.74, 6) is -0.119. The van der Waals surface area contributed by atoms with E-state index in [0.29, 0.717) is 5.56 Å². The quantitative estimate of drug-likeness (QED) is 0.775.